The fourth-order valence-electron chi connectivity index (χ4n) is 3.96. The van der Waals surface area contributed by atoms with Gasteiger partial charge in [-0.2, -0.15) is 13.2 Å². The van der Waals surface area contributed by atoms with Gasteiger partial charge >= 0.3 is 6.18 Å². The smallest absolute Gasteiger partial charge is 0.381 e. The number of halogens is 4. The average Bonchev–Trinajstić information content (AvgIpc) is 3.24. The molecule has 33 heavy (non-hydrogen) atoms. The third-order valence-electron chi connectivity index (χ3n) is 5.57. The molecule has 1 aliphatic rings. The van der Waals surface area contributed by atoms with Gasteiger partial charge in [0.15, 0.2) is 5.69 Å². The lowest BCUT2D eigenvalue weighted by atomic mass is 9.99. The monoisotopic (exact) mass is 462 g/mol. The summed E-state index contributed by atoms with van der Waals surface area (Å²) < 4.78 is 62.1. The largest absolute Gasteiger partial charge is 0.433 e. The standard InChI is InChI=1S/C23H22F4N4O2/c1-30-13-20(29-14-30)22(32)31(16-6-9-33-10-7-16)12-15-4-5-19(24)18(11-15)17-3-2-8-28-21(17)23(25,26)27/h2-5,8,11,13-14,16H,6-7,9-10,12H2,1H3. The van der Waals surface area contributed by atoms with E-state index in [1.54, 1.807) is 22.7 Å². The van der Waals surface area contributed by atoms with Gasteiger partial charge in [-0.1, -0.05) is 12.1 Å². The third kappa shape index (κ3) is 5.05. The molecule has 4 rings (SSSR count). The summed E-state index contributed by atoms with van der Waals surface area (Å²) in [6, 6.07) is 6.32. The van der Waals surface area contributed by atoms with Gasteiger partial charge in [0.25, 0.3) is 5.91 Å². The normalized spacial score (nSPS) is 14.9. The molecule has 174 valence electrons. The van der Waals surface area contributed by atoms with Gasteiger partial charge in [-0.15, -0.1) is 0 Å². The summed E-state index contributed by atoms with van der Waals surface area (Å²) in [6.07, 6.45) is 0.651. The maximum Gasteiger partial charge on any atom is 0.433 e. The minimum absolute atomic E-state index is 0.0922. The highest BCUT2D eigenvalue weighted by atomic mass is 19.4. The van der Waals surface area contributed by atoms with Crippen LogP contribution in [-0.2, 0) is 24.5 Å². The maximum absolute atomic E-state index is 14.6. The minimum Gasteiger partial charge on any atom is -0.381 e. The molecule has 10 heteroatoms. The molecule has 1 saturated heterocycles. The number of pyridine rings is 1. The predicted molar refractivity (Wildman–Crippen MR) is 112 cm³/mol. The van der Waals surface area contributed by atoms with Crippen LogP contribution in [0.4, 0.5) is 17.6 Å². The molecule has 0 bridgehead atoms. The average molecular weight is 462 g/mol. The van der Waals surface area contributed by atoms with Crippen LogP contribution >= 0.6 is 0 Å². The Hall–Kier alpha value is -3.27. The third-order valence-corrected chi connectivity index (χ3v) is 5.57. The first-order chi connectivity index (χ1) is 15.7. The Bertz CT molecular complexity index is 1140. The zero-order valence-electron chi connectivity index (χ0n) is 17.8. The van der Waals surface area contributed by atoms with E-state index in [2.05, 4.69) is 9.97 Å². The molecule has 1 aliphatic heterocycles. The minimum atomic E-state index is -4.73. The topological polar surface area (TPSA) is 60.2 Å². The molecule has 1 aromatic carbocycles. The summed E-state index contributed by atoms with van der Waals surface area (Å²) in [5.41, 5.74) is -0.966. The Morgan fingerprint density at radius 1 is 1.18 bits per heavy atom. The number of carbonyl (C=O) groups is 1. The first-order valence-electron chi connectivity index (χ1n) is 10.4. The van der Waals surface area contributed by atoms with Crippen molar-refractivity contribution < 1.29 is 27.1 Å². The molecule has 3 aromatic rings. The number of alkyl halides is 3. The Balaban J connectivity index is 1.70. The zero-order valence-corrected chi connectivity index (χ0v) is 17.8. The quantitative estimate of drug-likeness (QED) is 0.526. The first-order valence-corrected chi connectivity index (χ1v) is 10.4. The van der Waals surface area contributed by atoms with Crippen molar-refractivity contribution in [3.63, 3.8) is 0 Å². The van der Waals surface area contributed by atoms with Crippen LogP contribution in [0.1, 0.15) is 34.6 Å². The second-order valence-corrected chi connectivity index (χ2v) is 7.91. The molecule has 3 heterocycles. The van der Waals surface area contributed by atoms with Crippen LogP contribution in [0.5, 0.6) is 0 Å². The van der Waals surface area contributed by atoms with E-state index in [0.29, 0.717) is 31.6 Å². The van der Waals surface area contributed by atoms with Gasteiger partial charge < -0.3 is 14.2 Å². The summed E-state index contributed by atoms with van der Waals surface area (Å²) in [5, 5.41) is 0. The lowest BCUT2D eigenvalue weighted by molar-refractivity contribution is -0.140. The Kier molecular flexibility index (Phi) is 6.46. The maximum atomic E-state index is 14.6. The number of imidazole rings is 1. The molecule has 0 atom stereocenters. The van der Waals surface area contributed by atoms with E-state index in [-0.39, 0.29) is 35.3 Å². The van der Waals surface area contributed by atoms with Crippen LogP contribution in [0.2, 0.25) is 0 Å². The fraction of sp³-hybridized carbons (Fsp3) is 0.348. The van der Waals surface area contributed by atoms with E-state index in [4.69, 9.17) is 4.74 Å². The van der Waals surface area contributed by atoms with E-state index in [1.165, 1.54) is 30.6 Å². The summed E-state index contributed by atoms with van der Waals surface area (Å²) in [5.74, 6) is -1.10. The van der Waals surface area contributed by atoms with Gasteiger partial charge in [-0.05, 0) is 36.6 Å². The molecule has 0 saturated carbocycles. The van der Waals surface area contributed by atoms with E-state index in [1.807, 2.05) is 0 Å². The molecular weight excluding hydrogens is 440 g/mol. The van der Waals surface area contributed by atoms with Crippen LogP contribution in [0.25, 0.3) is 11.1 Å². The molecule has 2 aromatic heterocycles. The highest BCUT2D eigenvalue weighted by Gasteiger charge is 2.36. The second kappa shape index (κ2) is 9.30. The van der Waals surface area contributed by atoms with Crippen molar-refractivity contribution in [3.05, 3.63) is 71.8 Å². The summed E-state index contributed by atoms with van der Waals surface area (Å²) >= 11 is 0. The lowest BCUT2D eigenvalue weighted by Gasteiger charge is -2.34. The van der Waals surface area contributed by atoms with Crippen molar-refractivity contribution in [1.29, 1.82) is 0 Å². The number of carbonyl (C=O) groups excluding carboxylic acids is 1. The van der Waals surface area contributed by atoms with Gasteiger partial charge in [-0.3, -0.25) is 9.78 Å². The van der Waals surface area contributed by atoms with Crippen LogP contribution in [-0.4, -0.2) is 44.6 Å². The highest BCUT2D eigenvalue weighted by Crippen LogP contribution is 2.36. The van der Waals surface area contributed by atoms with E-state index in [0.717, 1.165) is 12.3 Å². The number of aryl methyl sites for hydroxylation is 1. The van der Waals surface area contributed by atoms with Gasteiger partial charge in [0.1, 0.15) is 11.5 Å². The van der Waals surface area contributed by atoms with Gasteiger partial charge in [0, 0.05) is 56.4 Å². The highest BCUT2D eigenvalue weighted by molar-refractivity contribution is 5.92. The Labute approximate surface area is 187 Å². The van der Waals surface area contributed by atoms with Crippen molar-refractivity contribution in [2.75, 3.05) is 13.2 Å². The van der Waals surface area contributed by atoms with Gasteiger partial charge in [0.2, 0.25) is 0 Å². The molecule has 1 fully saturated rings. The molecule has 6 nitrogen and oxygen atoms in total. The van der Waals surface area contributed by atoms with Crippen LogP contribution in [0.3, 0.4) is 0 Å². The first kappa shape index (κ1) is 22.9. The van der Waals surface area contributed by atoms with E-state index in [9.17, 15) is 22.4 Å². The summed E-state index contributed by atoms with van der Waals surface area (Å²) in [7, 11) is 1.75. The van der Waals surface area contributed by atoms with E-state index >= 15 is 0 Å². The molecule has 1 amide bonds. The second-order valence-electron chi connectivity index (χ2n) is 7.91. The fourth-order valence-corrected chi connectivity index (χ4v) is 3.96. The van der Waals surface area contributed by atoms with Crippen molar-refractivity contribution in [3.8, 4) is 11.1 Å². The number of hydrogen-bond acceptors (Lipinski definition) is 4. The molecule has 0 spiro atoms. The molecule has 0 N–H and O–H groups in total. The Morgan fingerprint density at radius 2 is 1.94 bits per heavy atom. The number of hydrogen-bond donors (Lipinski definition) is 0. The predicted octanol–water partition coefficient (Wildman–Crippen LogP) is 4.46. The van der Waals surface area contributed by atoms with Crippen LogP contribution in [0.15, 0.2) is 49.1 Å². The van der Waals surface area contributed by atoms with Crippen molar-refractivity contribution in [2.45, 2.75) is 31.6 Å². The number of nitrogens with zero attached hydrogens (tertiary/aromatic N) is 4. The Morgan fingerprint density at radius 3 is 2.61 bits per heavy atom. The number of ether oxygens (including phenoxy) is 1. The summed E-state index contributed by atoms with van der Waals surface area (Å²) in [4.78, 5) is 22.4. The van der Waals surface area contributed by atoms with E-state index < -0.39 is 17.7 Å². The number of benzene rings is 1. The van der Waals surface area contributed by atoms with Crippen molar-refractivity contribution in [1.82, 2.24) is 19.4 Å². The van der Waals surface area contributed by atoms with Crippen molar-refractivity contribution in [2.24, 2.45) is 7.05 Å². The number of rotatable bonds is 5. The number of amides is 1. The van der Waals surface area contributed by atoms with Crippen LogP contribution in [0, 0.1) is 5.82 Å². The van der Waals surface area contributed by atoms with Crippen LogP contribution < -0.4 is 0 Å². The molecule has 0 aliphatic carbocycles. The van der Waals surface area contributed by atoms with Gasteiger partial charge in [0.05, 0.1) is 6.33 Å². The number of aromatic nitrogens is 3. The lowest BCUT2D eigenvalue weighted by Crippen LogP contribution is -2.43. The van der Waals surface area contributed by atoms with Gasteiger partial charge in [-0.25, -0.2) is 9.37 Å². The molecule has 0 radical (unpaired) electrons. The molecular formula is C23H22F4N4O2. The SMILES string of the molecule is Cn1cnc(C(=O)N(Cc2ccc(F)c(-c3cccnc3C(F)(F)F)c2)C2CCOCC2)c1. The zero-order chi connectivity index (χ0) is 23.6. The van der Waals surface area contributed by atoms with Crippen molar-refractivity contribution >= 4 is 5.91 Å². The molecule has 0 unspecified atom stereocenters. The summed E-state index contributed by atoms with van der Waals surface area (Å²) in [6.45, 7) is 1.08.